The molecule has 0 aromatic heterocycles. The van der Waals surface area contributed by atoms with Crippen molar-refractivity contribution in [2.24, 2.45) is 40.4 Å². The van der Waals surface area contributed by atoms with Gasteiger partial charge in [0.1, 0.15) is 0 Å². The number of carbonyl (C=O) groups excluding carboxylic acids is 1. The summed E-state index contributed by atoms with van der Waals surface area (Å²) in [5, 5.41) is 12.5. The molecule has 172 valence electrons. The van der Waals surface area contributed by atoms with E-state index in [2.05, 4.69) is 27.7 Å². The summed E-state index contributed by atoms with van der Waals surface area (Å²) in [6.07, 6.45) is 10.8. The first-order chi connectivity index (χ1) is 14.6. The van der Waals surface area contributed by atoms with E-state index < -0.39 is 11.4 Å². The van der Waals surface area contributed by atoms with Crippen molar-refractivity contribution in [1.82, 2.24) is 0 Å². The van der Waals surface area contributed by atoms with Crippen molar-refractivity contribution in [2.45, 2.75) is 103 Å². The first-order valence-corrected chi connectivity index (χ1v) is 12.9. The molecule has 4 heteroatoms. The molecule has 4 aliphatic carbocycles. The summed E-state index contributed by atoms with van der Waals surface area (Å²) in [5.74, 6) is 1.96. The first kappa shape index (κ1) is 20.9. The minimum Gasteiger partial charge on any atom is -0.389 e. The number of aliphatic hydroxyl groups is 1. The van der Waals surface area contributed by atoms with E-state index in [0.717, 1.165) is 51.6 Å². The fraction of sp³-hybridized carbons (Fsp3) is 0.889. The van der Waals surface area contributed by atoms with Gasteiger partial charge in [0.2, 0.25) is 0 Å². The molecule has 0 unspecified atom stereocenters. The van der Waals surface area contributed by atoms with Crippen molar-refractivity contribution >= 4 is 5.78 Å². The Balaban J connectivity index is 1.33. The maximum Gasteiger partial charge on any atom is 0.171 e. The number of ketones is 1. The molecule has 0 aromatic rings. The Kier molecular flexibility index (Phi) is 4.34. The molecule has 2 saturated heterocycles. The SMILES string of the molecule is C[C@@H]1CC[C@@]2(OC1)O[C@H]1C[C@@]3(O)[C@@H]4CCC5=CC(=O)CC[C@]5(C)[C@H]4CC[C@]3(C)[C@H]1[C@@H]2C. The highest BCUT2D eigenvalue weighted by molar-refractivity contribution is 5.91. The van der Waals surface area contributed by atoms with Crippen LogP contribution in [0.4, 0.5) is 0 Å². The number of fused-ring (bicyclic) bond motifs is 7. The molecule has 6 rings (SSSR count). The lowest BCUT2D eigenvalue weighted by molar-refractivity contribution is -0.280. The highest BCUT2D eigenvalue weighted by Crippen LogP contribution is 2.72. The second-order valence-electron chi connectivity index (χ2n) is 12.6. The summed E-state index contributed by atoms with van der Waals surface area (Å²) in [4.78, 5) is 12.1. The fourth-order valence-corrected chi connectivity index (χ4v) is 9.55. The molecule has 3 saturated carbocycles. The lowest BCUT2D eigenvalue weighted by Gasteiger charge is -2.62. The lowest BCUT2D eigenvalue weighted by atomic mass is 9.44. The van der Waals surface area contributed by atoms with Crippen molar-refractivity contribution in [3.63, 3.8) is 0 Å². The Bertz CT molecular complexity index is 825. The average molecular weight is 429 g/mol. The van der Waals surface area contributed by atoms with Crippen LogP contribution in [0.1, 0.15) is 85.5 Å². The second-order valence-corrected chi connectivity index (χ2v) is 12.6. The summed E-state index contributed by atoms with van der Waals surface area (Å²) >= 11 is 0. The predicted octanol–water partition coefficient (Wildman–Crippen LogP) is 5.04. The van der Waals surface area contributed by atoms with Gasteiger partial charge >= 0.3 is 0 Å². The molecule has 31 heavy (non-hydrogen) atoms. The van der Waals surface area contributed by atoms with E-state index in [1.165, 1.54) is 12.0 Å². The molecule has 0 bridgehead atoms. The van der Waals surface area contributed by atoms with Gasteiger partial charge in [0, 0.05) is 36.5 Å². The third kappa shape index (κ3) is 2.51. The molecule has 0 radical (unpaired) electrons. The van der Waals surface area contributed by atoms with Crippen molar-refractivity contribution < 1.29 is 19.4 Å². The molecule has 1 spiro atoms. The maximum absolute atomic E-state index is 12.5. The van der Waals surface area contributed by atoms with Gasteiger partial charge in [0.25, 0.3) is 0 Å². The Morgan fingerprint density at radius 2 is 1.84 bits per heavy atom. The highest BCUT2D eigenvalue weighted by atomic mass is 16.7. The molecule has 10 atom stereocenters. The fourth-order valence-electron chi connectivity index (χ4n) is 9.55. The van der Waals surface area contributed by atoms with Gasteiger partial charge in [0.05, 0.1) is 18.3 Å². The number of allylic oxidation sites excluding steroid dienone is 1. The smallest absolute Gasteiger partial charge is 0.171 e. The van der Waals surface area contributed by atoms with Crippen LogP contribution in [0.5, 0.6) is 0 Å². The Hall–Kier alpha value is -0.710. The van der Waals surface area contributed by atoms with E-state index in [4.69, 9.17) is 9.47 Å². The summed E-state index contributed by atoms with van der Waals surface area (Å²) < 4.78 is 13.2. The minimum absolute atomic E-state index is 0.0852. The van der Waals surface area contributed by atoms with Crippen LogP contribution in [-0.4, -0.2) is 35.0 Å². The maximum atomic E-state index is 12.5. The van der Waals surface area contributed by atoms with E-state index in [9.17, 15) is 9.90 Å². The van der Waals surface area contributed by atoms with Crippen LogP contribution in [0, 0.1) is 40.4 Å². The number of hydrogen-bond acceptors (Lipinski definition) is 4. The van der Waals surface area contributed by atoms with E-state index in [0.29, 0.717) is 41.8 Å². The zero-order valence-corrected chi connectivity index (χ0v) is 19.8. The molecule has 5 fully saturated rings. The van der Waals surface area contributed by atoms with Crippen molar-refractivity contribution in [3.8, 4) is 0 Å². The number of hydrogen-bond donors (Lipinski definition) is 1. The third-order valence-corrected chi connectivity index (χ3v) is 11.4. The van der Waals surface area contributed by atoms with Gasteiger partial charge < -0.3 is 14.6 Å². The zero-order chi connectivity index (χ0) is 21.8. The molecule has 4 nitrogen and oxygen atoms in total. The number of rotatable bonds is 0. The Morgan fingerprint density at radius 3 is 2.58 bits per heavy atom. The number of ether oxygens (including phenoxy) is 2. The van der Waals surface area contributed by atoms with Crippen LogP contribution >= 0.6 is 0 Å². The molecule has 0 aromatic carbocycles. The monoisotopic (exact) mass is 428 g/mol. The molecular formula is C27H40O4. The summed E-state index contributed by atoms with van der Waals surface area (Å²) in [6.45, 7) is 10.1. The van der Waals surface area contributed by atoms with E-state index >= 15 is 0 Å². The third-order valence-electron chi connectivity index (χ3n) is 11.4. The highest BCUT2D eigenvalue weighted by Gasteiger charge is 2.74. The summed E-state index contributed by atoms with van der Waals surface area (Å²) in [7, 11) is 0. The van der Waals surface area contributed by atoms with Gasteiger partial charge in [-0.3, -0.25) is 4.79 Å². The second kappa shape index (κ2) is 6.45. The van der Waals surface area contributed by atoms with Gasteiger partial charge in [-0.05, 0) is 67.8 Å². The van der Waals surface area contributed by atoms with Crippen molar-refractivity contribution in [2.75, 3.05) is 6.61 Å². The first-order valence-electron chi connectivity index (χ1n) is 12.9. The lowest BCUT2D eigenvalue weighted by Crippen LogP contribution is -2.62. The van der Waals surface area contributed by atoms with Gasteiger partial charge in [0.15, 0.2) is 11.6 Å². The van der Waals surface area contributed by atoms with E-state index in [1.807, 2.05) is 6.08 Å². The summed E-state index contributed by atoms with van der Waals surface area (Å²) in [5.41, 5.74) is 0.667. The van der Waals surface area contributed by atoms with Gasteiger partial charge in [-0.1, -0.05) is 33.3 Å². The average Bonchev–Trinajstić information content (AvgIpc) is 3.12. The number of carbonyl (C=O) groups is 1. The molecule has 0 amide bonds. The molecule has 1 N–H and O–H groups in total. The van der Waals surface area contributed by atoms with E-state index in [-0.39, 0.29) is 16.9 Å². The topological polar surface area (TPSA) is 55.8 Å². The van der Waals surface area contributed by atoms with Crippen molar-refractivity contribution in [3.05, 3.63) is 11.6 Å². The van der Waals surface area contributed by atoms with Crippen LogP contribution in [0.3, 0.4) is 0 Å². The zero-order valence-electron chi connectivity index (χ0n) is 19.8. The summed E-state index contributed by atoms with van der Waals surface area (Å²) in [6, 6.07) is 0. The van der Waals surface area contributed by atoms with Crippen LogP contribution in [0.2, 0.25) is 0 Å². The van der Waals surface area contributed by atoms with Gasteiger partial charge in [-0.15, -0.1) is 0 Å². The molecule has 2 heterocycles. The normalized spacial score (nSPS) is 58.4. The largest absolute Gasteiger partial charge is 0.389 e. The minimum atomic E-state index is -0.668. The molecule has 6 aliphatic rings. The van der Waals surface area contributed by atoms with Crippen LogP contribution in [0.25, 0.3) is 0 Å². The Labute approximate surface area is 187 Å². The standard InChI is InChI=1S/C27H40O4/c1-16-7-12-27(30-15-16)17(2)23-22(31-27)14-26(29)21-6-5-18-13-19(28)8-10-24(18,3)20(21)9-11-25(23,26)4/h13,16-17,20-23,29H,5-12,14-15H2,1-4H3/t16-,17+,20+,21-,22+,23+,24+,25-,26-,27-/m1/s1. The van der Waals surface area contributed by atoms with Gasteiger partial charge in [-0.25, -0.2) is 0 Å². The molecule has 2 aliphatic heterocycles. The predicted molar refractivity (Wildman–Crippen MR) is 118 cm³/mol. The van der Waals surface area contributed by atoms with Crippen molar-refractivity contribution in [1.29, 1.82) is 0 Å². The van der Waals surface area contributed by atoms with Gasteiger partial charge in [-0.2, -0.15) is 0 Å². The quantitative estimate of drug-likeness (QED) is 0.587. The van der Waals surface area contributed by atoms with Crippen LogP contribution in [-0.2, 0) is 14.3 Å². The van der Waals surface area contributed by atoms with E-state index in [1.54, 1.807) is 0 Å². The Morgan fingerprint density at radius 1 is 1.03 bits per heavy atom. The van der Waals surface area contributed by atoms with Crippen LogP contribution < -0.4 is 0 Å². The van der Waals surface area contributed by atoms with Crippen LogP contribution in [0.15, 0.2) is 11.6 Å². The molecular weight excluding hydrogens is 388 g/mol.